The van der Waals surface area contributed by atoms with Crippen molar-refractivity contribution in [3.8, 4) is 0 Å². The van der Waals surface area contributed by atoms with E-state index in [1.807, 2.05) is 0 Å². The smallest absolute Gasteiger partial charge is 0.822 e. The fraction of sp³-hybridized carbons (Fsp3) is 0. The van der Waals surface area contributed by atoms with E-state index in [0.717, 1.165) is 0 Å². The Morgan fingerprint density at radius 1 is 0.889 bits per heavy atom. The van der Waals surface area contributed by atoms with Crippen LogP contribution in [0.4, 0.5) is 0 Å². The van der Waals surface area contributed by atoms with Gasteiger partial charge in [0.1, 0.15) is 0 Å². The maximum atomic E-state index is 8.55. The van der Waals surface area contributed by atoms with Gasteiger partial charge in [0, 0.05) is 0 Å². The minimum Gasteiger partial charge on any atom is -0.822 e. The summed E-state index contributed by atoms with van der Waals surface area (Å²) in [5.41, 5.74) is 0. The van der Waals surface area contributed by atoms with Gasteiger partial charge in [0.05, 0.1) is 0 Å². The van der Waals surface area contributed by atoms with Gasteiger partial charge in [-0.2, -0.15) is 7.82 Å². The molecule has 0 fully saturated rings. The van der Waals surface area contributed by atoms with Crippen molar-refractivity contribution in [2.75, 3.05) is 0 Å². The van der Waals surface area contributed by atoms with Crippen LogP contribution in [-0.2, 0) is 4.57 Å². The molecule has 0 radical (unpaired) electrons. The first-order valence-corrected chi connectivity index (χ1v) is 2.19. The molecule has 0 aliphatic rings. The largest absolute Gasteiger partial charge is 2.00 e. The molecule has 0 unspecified atom stereocenters. The molecule has 0 rings (SSSR count). The SMILES string of the molecule is O=P([O-])([O-])[O-].[K+].[Mg+2].[Mg+2].[Mg+2]. The molecular formula is KMg3O4P+4. The molecule has 0 atom stereocenters. The van der Waals surface area contributed by atoms with E-state index in [9.17, 15) is 0 Å². The topological polar surface area (TPSA) is 86.2 Å². The Kier molecular flexibility index (Phi) is 47.3. The fourth-order valence-electron chi connectivity index (χ4n) is 0. The summed E-state index contributed by atoms with van der Waals surface area (Å²) in [5, 5.41) is 0. The predicted octanol–water partition coefficient (Wildman–Crippen LogP) is -6.96. The van der Waals surface area contributed by atoms with E-state index in [1.54, 1.807) is 0 Å². The van der Waals surface area contributed by atoms with E-state index in [2.05, 4.69) is 0 Å². The van der Waals surface area contributed by atoms with Crippen molar-refractivity contribution >= 4 is 77.0 Å². The van der Waals surface area contributed by atoms with Crippen LogP contribution in [-0.4, -0.2) is 69.2 Å². The van der Waals surface area contributed by atoms with Gasteiger partial charge in [-0.05, 0) is 0 Å². The number of phosphoric acid groups is 1. The van der Waals surface area contributed by atoms with Gasteiger partial charge in [-0.1, -0.05) is 0 Å². The van der Waals surface area contributed by atoms with Crippen LogP contribution in [0.15, 0.2) is 0 Å². The second-order valence-corrected chi connectivity index (χ2v) is 1.34. The Balaban J connectivity index is -0.0000000133. The number of rotatable bonds is 0. The molecule has 0 aromatic rings. The summed E-state index contributed by atoms with van der Waals surface area (Å²) in [5.74, 6) is 0. The second-order valence-electron chi connectivity index (χ2n) is 0.447. The average molecular weight is 207 g/mol. The molecule has 0 saturated carbocycles. The standard InChI is InChI=1S/K.3Mg.H3O4P/c;;;;1-5(2,3)4/h;;;;(H3,1,2,3,4)/q+1;3*+2;/p-3. The fourth-order valence-corrected chi connectivity index (χ4v) is 0. The maximum Gasteiger partial charge on any atom is 2.00 e. The van der Waals surface area contributed by atoms with Crippen molar-refractivity contribution < 1.29 is 70.6 Å². The second kappa shape index (κ2) is 14.6. The van der Waals surface area contributed by atoms with Gasteiger partial charge in [0.15, 0.2) is 0 Å². The third-order valence-corrected chi connectivity index (χ3v) is 0. The first kappa shape index (κ1) is 29.2. The summed E-state index contributed by atoms with van der Waals surface area (Å²) >= 11 is 0. The first-order valence-electron chi connectivity index (χ1n) is 0.730. The Morgan fingerprint density at radius 3 is 0.889 bits per heavy atom. The molecule has 0 aromatic carbocycles. The van der Waals surface area contributed by atoms with Gasteiger partial charge < -0.3 is 19.2 Å². The van der Waals surface area contributed by atoms with Gasteiger partial charge in [-0.3, -0.25) is 0 Å². The molecule has 0 spiro atoms. The van der Waals surface area contributed by atoms with Crippen LogP contribution in [0.25, 0.3) is 0 Å². The van der Waals surface area contributed by atoms with Gasteiger partial charge in [-0.25, -0.2) is 0 Å². The van der Waals surface area contributed by atoms with Gasteiger partial charge >= 0.3 is 121 Å². The zero-order valence-electron chi connectivity index (χ0n) is 5.20. The van der Waals surface area contributed by atoms with Crippen LogP contribution < -0.4 is 66.1 Å². The third kappa shape index (κ3) is 74.3. The maximum absolute atomic E-state index is 8.55. The van der Waals surface area contributed by atoms with E-state index in [1.165, 1.54) is 0 Å². The molecule has 4 nitrogen and oxygen atoms in total. The van der Waals surface area contributed by atoms with Crippen LogP contribution in [0.3, 0.4) is 0 Å². The van der Waals surface area contributed by atoms with E-state index in [4.69, 9.17) is 19.2 Å². The monoisotopic (exact) mass is 206 g/mol. The third-order valence-electron chi connectivity index (χ3n) is 0. The van der Waals surface area contributed by atoms with E-state index >= 15 is 0 Å². The number of hydrogen-bond acceptors (Lipinski definition) is 4. The molecular weight excluding hydrogens is 207 g/mol. The van der Waals surface area contributed by atoms with E-state index in [0.29, 0.717) is 0 Å². The zero-order valence-corrected chi connectivity index (χ0v) is 13.5. The molecule has 0 amide bonds. The zero-order chi connectivity index (χ0) is 4.50. The summed E-state index contributed by atoms with van der Waals surface area (Å²) in [6.45, 7) is 0. The van der Waals surface area contributed by atoms with Crippen molar-refractivity contribution in [3.63, 3.8) is 0 Å². The summed E-state index contributed by atoms with van der Waals surface area (Å²) in [7, 11) is -5.39. The minimum absolute atomic E-state index is 0. The van der Waals surface area contributed by atoms with Crippen LogP contribution in [0.1, 0.15) is 0 Å². The molecule has 9 heavy (non-hydrogen) atoms. The normalized spacial score (nSPS) is 6.56. The summed E-state index contributed by atoms with van der Waals surface area (Å²) < 4.78 is 8.55. The molecule has 0 aliphatic heterocycles. The first-order chi connectivity index (χ1) is 2.00. The molecule has 0 N–H and O–H groups in total. The Morgan fingerprint density at radius 2 is 0.889 bits per heavy atom. The summed E-state index contributed by atoms with van der Waals surface area (Å²) in [4.78, 5) is 25.6. The van der Waals surface area contributed by atoms with Crippen molar-refractivity contribution in [1.82, 2.24) is 0 Å². The molecule has 0 bridgehead atoms. The minimum atomic E-state index is -5.39. The predicted molar refractivity (Wildman–Crippen MR) is 24.9 cm³/mol. The van der Waals surface area contributed by atoms with Crippen molar-refractivity contribution in [2.24, 2.45) is 0 Å². The molecule has 0 saturated heterocycles. The van der Waals surface area contributed by atoms with Crippen molar-refractivity contribution in [1.29, 1.82) is 0 Å². The Hall–Kier alpha value is 4.05. The average Bonchev–Trinajstić information content (AvgIpc) is 0.722. The van der Waals surface area contributed by atoms with Gasteiger partial charge in [0.25, 0.3) is 0 Å². The number of hydrogen-bond donors (Lipinski definition) is 0. The van der Waals surface area contributed by atoms with Crippen LogP contribution in [0.5, 0.6) is 0 Å². The summed E-state index contributed by atoms with van der Waals surface area (Å²) in [6.07, 6.45) is 0. The Labute approximate surface area is 144 Å². The molecule has 0 aliphatic carbocycles. The van der Waals surface area contributed by atoms with Crippen molar-refractivity contribution in [3.05, 3.63) is 0 Å². The van der Waals surface area contributed by atoms with Gasteiger partial charge in [-0.15, -0.1) is 0 Å². The van der Waals surface area contributed by atoms with E-state index < -0.39 is 7.82 Å². The van der Waals surface area contributed by atoms with Gasteiger partial charge in [0.2, 0.25) is 0 Å². The van der Waals surface area contributed by atoms with Crippen molar-refractivity contribution in [2.45, 2.75) is 0 Å². The Bertz CT molecular complexity index is 61.9. The van der Waals surface area contributed by atoms with E-state index in [-0.39, 0.29) is 121 Å². The quantitative estimate of drug-likeness (QED) is 0.291. The van der Waals surface area contributed by atoms with Crippen LogP contribution in [0.2, 0.25) is 0 Å². The molecule has 0 heterocycles. The molecule has 9 heteroatoms. The summed E-state index contributed by atoms with van der Waals surface area (Å²) in [6, 6.07) is 0. The van der Waals surface area contributed by atoms with Crippen LogP contribution in [0, 0.1) is 0 Å². The molecule has 0 aromatic heterocycles. The molecule has 32 valence electrons. The van der Waals surface area contributed by atoms with Crippen LogP contribution >= 0.6 is 7.82 Å².